The fourth-order valence-electron chi connectivity index (χ4n) is 2.45. The van der Waals surface area contributed by atoms with Crippen molar-refractivity contribution in [3.05, 3.63) is 34.2 Å². The van der Waals surface area contributed by atoms with Crippen LogP contribution in [0.3, 0.4) is 0 Å². The van der Waals surface area contributed by atoms with E-state index in [2.05, 4.69) is 4.74 Å². The summed E-state index contributed by atoms with van der Waals surface area (Å²) in [5.74, 6) is -0.231. The van der Waals surface area contributed by atoms with Gasteiger partial charge in [0.15, 0.2) is 0 Å². The predicted molar refractivity (Wildman–Crippen MR) is 85.0 cm³/mol. The molecule has 1 fully saturated rings. The van der Waals surface area contributed by atoms with E-state index in [1.807, 2.05) is 18.2 Å². The molecule has 0 N–H and O–H groups in total. The van der Waals surface area contributed by atoms with Crippen LogP contribution in [0.15, 0.2) is 23.1 Å². The molecule has 7 heteroatoms. The molecule has 1 saturated heterocycles. The van der Waals surface area contributed by atoms with Crippen molar-refractivity contribution in [2.45, 2.75) is 12.8 Å². The van der Waals surface area contributed by atoms with Crippen LogP contribution in [0.25, 0.3) is 6.08 Å². The lowest BCUT2D eigenvalue weighted by Gasteiger charge is -2.17. The van der Waals surface area contributed by atoms with Gasteiger partial charge in [-0.25, -0.2) is 0 Å². The lowest BCUT2D eigenvalue weighted by molar-refractivity contribution is -0.143. The maximum atomic E-state index is 12.2. The molecule has 0 aliphatic carbocycles. The first-order chi connectivity index (χ1) is 11.1. The van der Waals surface area contributed by atoms with E-state index in [0.29, 0.717) is 4.91 Å². The Balaban J connectivity index is 1.81. The highest BCUT2D eigenvalue weighted by molar-refractivity contribution is 8.18. The number of nitrogens with zero attached hydrogens (tertiary/aromatic N) is 1. The first-order valence-electron chi connectivity index (χ1n) is 7.16. The van der Waals surface area contributed by atoms with E-state index in [0.717, 1.165) is 53.0 Å². The molecule has 0 aromatic heterocycles. The average molecular weight is 333 g/mol. The molecule has 2 amide bonds. The molecule has 2 aliphatic heterocycles. The number of benzene rings is 1. The number of aryl methyl sites for hydroxylation is 1. The van der Waals surface area contributed by atoms with Crippen LogP contribution in [0.2, 0.25) is 0 Å². The number of hydrogen-bond donors (Lipinski definition) is 0. The number of methoxy groups -OCH3 is 1. The zero-order valence-electron chi connectivity index (χ0n) is 12.5. The molecule has 0 radical (unpaired) electrons. The van der Waals surface area contributed by atoms with Crippen molar-refractivity contribution in [1.82, 2.24) is 4.90 Å². The van der Waals surface area contributed by atoms with Gasteiger partial charge in [-0.1, -0.05) is 6.07 Å². The largest absolute Gasteiger partial charge is 0.493 e. The Bertz CT molecular complexity index is 712. The van der Waals surface area contributed by atoms with Crippen LogP contribution in [0.4, 0.5) is 4.79 Å². The van der Waals surface area contributed by atoms with Gasteiger partial charge in [0.1, 0.15) is 12.3 Å². The van der Waals surface area contributed by atoms with Gasteiger partial charge in [-0.05, 0) is 53.9 Å². The van der Waals surface area contributed by atoms with Crippen molar-refractivity contribution in [2.24, 2.45) is 0 Å². The third kappa shape index (κ3) is 3.24. The summed E-state index contributed by atoms with van der Waals surface area (Å²) in [5.41, 5.74) is 1.93. The minimum atomic E-state index is -0.625. The molecule has 0 unspecified atom stereocenters. The summed E-state index contributed by atoms with van der Waals surface area (Å²) in [6, 6.07) is 5.68. The molecule has 0 atom stereocenters. The predicted octanol–water partition coefficient (Wildman–Crippen LogP) is 2.22. The van der Waals surface area contributed by atoms with Crippen molar-refractivity contribution in [1.29, 1.82) is 0 Å². The number of hydrogen-bond acceptors (Lipinski definition) is 6. The van der Waals surface area contributed by atoms with Crippen molar-refractivity contribution >= 4 is 35.0 Å². The summed E-state index contributed by atoms with van der Waals surface area (Å²) in [6.45, 7) is 0.356. The van der Waals surface area contributed by atoms with Crippen molar-refractivity contribution in [2.75, 3.05) is 20.3 Å². The summed E-state index contributed by atoms with van der Waals surface area (Å²) in [6.07, 6.45) is 3.56. The number of thioether (sulfide) groups is 1. The smallest absolute Gasteiger partial charge is 0.325 e. The second kappa shape index (κ2) is 6.45. The molecule has 0 bridgehead atoms. The molecule has 2 aliphatic rings. The number of amides is 2. The molecule has 3 rings (SSSR count). The molecular weight excluding hydrogens is 318 g/mol. The van der Waals surface area contributed by atoms with Crippen LogP contribution in [0.5, 0.6) is 5.75 Å². The second-order valence-corrected chi connectivity index (χ2v) is 6.16. The first kappa shape index (κ1) is 15.6. The Hall–Kier alpha value is -2.28. The van der Waals surface area contributed by atoms with Gasteiger partial charge in [0.05, 0.1) is 18.6 Å². The highest BCUT2D eigenvalue weighted by atomic mass is 32.2. The van der Waals surface area contributed by atoms with Gasteiger partial charge < -0.3 is 9.47 Å². The third-order valence-corrected chi connectivity index (χ3v) is 4.53. The molecule has 1 aromatic carbocycles. The van der Waals surface area contributed by atoms with E-state index in [4.69, 9.17) is 4.74 Å². The van der Waals surface area contributed by atoms with E-state index in [9.17, 15) is 14.4 Å². The van der Waals surface area contributed by atoms with Crippen LogP contribution in [0.1, 0.15) is 17.5 Å². The summed E-state index contributed by atoms with van der Waals surface area (Å²) >= 11 is 0.826. The number of ether oxygens (including phenoxy) is 2. The number of carbonyl (C=O) groups excluding carboxylic acids is 3. The minimum absolute atomic E-state index is 0.301. The van der Waals surface area contributed by atoms with Crippen LogP contribution >= 0.6 is 11.8 Å². The van der Waals surface area contributed by atoms with Gasteiger partial charge in [0, 0.05) is 0 Å². The summed E-state index contributed by atoms with van der Waals surface area (Å²) in [4.78, 5) is 36.6. The summed E-state index contributed by atoms with van der Waals surface area (Å²) < 4.78 is 10.1. The lowest BCUT2D eigenvalue weighted by atomic mass is 10.0. The Kier molecular flexibility index (Phi) is 4.38. The molecule has 120 valence electrons. The first-order valence-corrected chi connectivity index (χ1v) is 7.98. The second-order valence-electron chi connectivity index (χ2n) is 5.16. The van der Waals surface area contributed by atoms with Gasteiger partial charge in [0.2, 0.25) is 0 Å². The minimum Gasteiger partial charge on any atom is -0.493 e. The fourth-order valence-corrected chi connectivity index (χ4v) is 3.29. The quantitative estimate of drug-likeness (QED) is 0.624. The maximum absolute atomic E-state index is 12.2. The standard InChI is InChI=1S/C16H15NO5S/c1-21-14(18)9-17-15(19)13(23-16(17)20)8-10-4-5-12-11(7-10)3-2-6-22-12/h4-5,7-8H,2-3,6,9H2,1H3. The molecule has 23 heavy (non-hydrogen) atoms. The van der Waals surface area contributed by atoms with Gasteiger partial charge in [-0.2, -0.15) is 0 Å². The Labute approximate surface area is 137 Å². The van der Waals surface area contributed by atoms with E-state index >= 15 is 0 Å². The van der Waals surface area contributed by atoms with Gasteiger partial charge >= 0.3 is 5.97 Å². The summed E-state index contributed by atoms with van der Waals surface area (Å²) in [7, 11) is 1.21. The molecule has 0 spiro atoms. The van der Waals surface area contributed by atoms with Crippen LogP contribution in [-0.2, 0) is 20.7 Å². The topological polar surface area (TPSA) is 72.9 Å². The monoisotopic (exact) mass is 333 g/mol. The van der Waals surface area contributed by atoms with Crippen LogP contribution in [0, 0.1) is 0 Å². The van der Waals surface area contributed by atoms with Gasteiger partial charge in [-0.3, -0.25) is 19.3 Å². The number of esters is 1. The van der Waals surface area contributed by atoms with Crippen LogP contribution in [-0.4, -0.2) is 42.3 Å². The number of rotatable bonds is 3. The number of imide groups is 1. The van der Waals surface area contributed by atoms with Gasteiger partial charge in [0.25, 0.3) is 11.1 Å². The van der Waals surface area contributed by atoms with Crippen molar-refractivity contribution in [3.63, 3.8) is 0 Å². The fraction of sp³-hybridized carbons (Fsp3) is 0.312. The lowest BCUT2D eigenvalue weighted by Crippen LogP contribution is -2.34. The van der Waals surface area contributed by atoms with Crippen molar-refractivity contribution < 1.29 is 23.9 Å². The number of fused-ring (bicyclic) bond motifs is 1. The highest BCUT2D eigenvalue weighted by Gasteiger charge is 2.36. The van der Waals surface area contributed by atoms with Gasteiger partial charge in [-0.15, -0.1) is 0 Å². The zero-order valence-corrected chi connectivity index (χ0v) is 13.4. The molecule has 1 aromatic rings. The normalized spacial score (nSPS) is 18.8. The number of carbonyl (C=O) groups is 3. The van der Waals surface area contributed by atoms with E-state index in [-0.39, 0.29) is 6.54 Å². The molecular formula is C16H15NO5S. The van der Waals surface area contributed by atoms with E-state index in [1.54, 1.807) is 6.08 Å². The Morgan fingerprint density at radius 1 is 1.43 bits per heavy atom. The molecule has 6 nitrogen and oxygen atoms in total. The Morgan fingerprint density at radius 3 is 3.04 bits per heavy atom. The maximum Gasteiger partial charge on any atom is 0.325 e. The third-order valence-electron chi connectivity index (χ3n) is 3.62. The SMILES string of the molecule is COC(=O)CN1C(=O)SC(=Cc2ccc3c(c2)CCCO3)C1=O. The van der Waals surface area contributed by atoms with Crippen molar-refractivity contribution in [3.8, 4) is 5.75 Å². The average Bonchev–Trinajstić information content (AvgIpc) is 2.82. The van der Waals surface area contributed by atoms with Crippen LogP contribution < -0.4 is 4.74 Å². The zero-order chi connectivity index (χ0) is 16.4. The summed E-state index contributed by atoms with van der Waals surface area (Å²) in [5, 5.41) is -0.465. The molecule has 0 saturated carbocycles. The van der Waals surface area contributed by atoms with E-state index < -0.39 is 17.1 Å². The molecule has 2 heterocycles. The van der Waals surface area contributed by atoms with E-state index in [1.165, 1.54) is 7.11 Å². The highest BCUT2D eigenvalue weighted by Crippen LogP contribution is 2.33. The Morgan fingerprint density at radius 2 is 2.26 bits per heavy atom.